The summed E-state index contributed by atoms with van der Waals surface area (Å²) < 4.78 is 1.86. The van der Waals surface area contributed by atoms with Gasteiger partial charge in [0.2, 0.25) is 0 Å². The highest BCUT2D eigenvalue weighted by atomic mass is 35.5. The van der Waals surface area contributed by atoms with Crippen molar-refractivity contribution in [3.63, 3.8) is 0 Å². The normalized spacial score (nSPS) is 17.6. The van der Waals surface area contributed by atoms with Crippen LogP contribution in [0.4, 0.5) is 5.82 Å². The maximum Gasteiger partial charge on any atom is 0.200 e. The Balaban J connectivity index is 1.83. The van der Waals surface area contributed by atoms with Gasteiger partial charge in [-0.15, -0.1) is 0 Å². The molecule has 1 saturated heterocycles. The first kappa shape index (κ1) is 16.1. The topological polar surface area (TPSA) is 67.1 Å². The van der Waals surface area contributed by atoms with Gasteiger partial charge in [-0.3, -0.25) is 0 Å². The van der Waals surface area contributed by atoms with Crippen molar-refractivity contribution < 1.29 is 5.11 Å². The van der Waals surface area contributed by atoms with Gasteiger partial charge in [0.05, 0.1) is 11.8 Å². The van der Waals surface area contributed by atoms with E-state index in [9.17, 15) is 5.11 Å². The maximum atomic E-state index is 10.3. The maximum absolute atomic E-state index is 10.3. The number of aryl methyl sites for hydroxylation is 2. The molecule has 3 heterocycles. The van der Waals surface area contributed by atoms with E-state index in [1.165, 1.54) is 12.5 Å². The number of fused-ring (bicyclic) bond motifs is 1. The lowest BCUT2D eigenvalue weighted by Gasteiger charge is -2.15. The molecule has 0 amide bonds. The average molecular weight is 358 g/mol. The molecule has 0 aliphatic carbocycles. The average Bonchev–Trinajstić information content (AvgIpc) is 3.11. The van der Waals surface area contributed by atoms with Gasteiger partial charge in [-0.2, -0.15) is 0 Å². The summed E-state index contributed by atoms with van der Waals surface area (Å²) in [5.41, 5.74) is 2.79. The molecule has 1 aliphatic rings. The van der Waals surface area contributed by atoms with Crippen LogP contribution in [0.15, 0.2) is 18.3 Å². The quantitative estimate of drug-likeness (QED) is 0.759. The van der Waals surface area contributed by atoms with E-state index in [2.05, 4.69) is 21.8 Å². The summed E-state index contributed by atoms with van der Waals surface area (Å²) in [4.78, 5) is 16.2. The van der Waals surface area contributed by atoms with Crippen LogP contribution in [0.2, 0.25) is 5.02 Å². The number of phenolic OH excluding ortho intramolecular Hbond substituents is 1. The highest BCUT2D eigenvalue weighted by Crippen LogP contribution is 2.35. The molecule has 1 unspecified atom stereocenters. The van der Waals surface area contributed by atoms with Crippen molar-refractivity contribution >= 4 is 28.7 Å². The van der Waals surface area contributed by atoms with Gasteiger partial charge in [0.25, 0.3) is 0 Å². The summed E-state index contributed by atoms with van der Waals surface area (Å²) in [5.74, 6) is 2.27. The standard InChI is InChI=1S/C18H20ClN5O/c1-10-4-5-24(9-10)14-8-20-18-16(21-14)22-17(23(18)3)15-11(2)6-12(19)7-13(15)25/h6-8,10,25H,4-5,9H2,1-3H3. The molecule has 1 N–H and O–H groups in total. The van der Waals surface area contributed by atoms with E-state index in [-0.39, 0.29) is 5.75 Å². The molecule has 0 bridgehead atoms. The Morgan fingerprint density at radius 1 is 1.28 bits per heavy atom. The van der Waals surface area contributed by atoms with Gasteiger partial charge in [0.1, 0.15) is 17.4 Å². The number of anilines is 1. The van der Waals surface area contributed by atoms with Crippen LogP contribution in [-0.4, -0.2) is 37.7 Å². The van der Waals surface area contributed by atoms with Crippen molar-refractivity contribution in [1.29, 1.82) is 0 Å². The van der Waals surface area contributed by atoms with E-state index in [0.29, 0.717) is 33.6 Å². The molecule has 0 saturated carbocycles. The van der Waals surface area contributed by atoms with Crippen molar-refractivity contribution in [1.82, 2.24) is 19.5 Å². The minimum Gasteiger partial charge on any atom is -0.507 e. The van der Waals surface area contributed by atoms with Crippen LogP contribution in [-0.2, 0) is 7.05 Å². The zero-order valence-corrected chi connectivity index (χ0v) is 15.2. The Morgan fingerprint density at radius 3 is 2.76 bits per heavy atom. The zero-order chi connectivity index (χ0) is 17.7. The van der Waals surface area contributed by atoms with Crippen molar-refractivity contribution in [3.8, 4) is 17.1 Å². The van der Waals surface area contributed by atoms with E-state index in [4.69, 9.17) is 16.6 Å². The molecule has 1 aliphatic heterocycles. The van der Waals surface area contributed by atoms with Crippen LogP contribution in [0, 0.1) is 12.8 Å². The lowest BCUT2D eigenvalue weighted by atomic mass is 10.1. The van der Waals surface area contributed by atoms with E-state index >= 15 is 0 Å². The van der Waals surface area contributed by atoms with Crippen molar-refractivity contribution in [2.45, 2.75) is 20.3 Å². The molecule has 1 atom stereocenters. The lowest BCUT2D eigenvalue weighted by Crippen LogP contribution is -2.20. The van der Waals surface area contributed by atoms with Gasteiger partial charge in [-0.1, -0.05) is 18.5 Å². The summed E-state index contributed by atoms with van der Waals surface area (Å²) >= 11 is 6.02. The number of benzene rings is 1. The van der Waals surface area contributed by atoms with Crippen molar-refractivity contribution in [2.75, 3.05) is 18.0 Å². The molecule has 0 radical (unpaired) electrons. The number of halogens is 1. The first-order chi connectivity index (χ1) is 11.9. The van der Waals surface area contributed by atoms with Gasteiger partial charge in [-0.25, -0.2) is 15.0 Å². The SMILES string of the molecule is Cc1cc(Cl)cc(O)c1-c1nc2nc(N3CCC(C)C3)cnc2n1C. The Kier molecular flexibility index (Phi) is 3.80. The fourth-order valence-electron chi connectivity index (χ4n) is 3.49. The van der Waals surface area contributed by atoms with Crippen LogP contribution in [0.25, 0.3) is 22.7 Å². The molecule has 3 aromatic rings. The molecule has 4 rings (SSSR count). The van der Waals surface area contributed by atoms with Crippen LogP contribution in [0.5, 0.6) is 5.75 Å². The number of rotatable bonds is 2. The second-order valence-corrected chi connectivity index (χ2v) is 7.26. The summed E-state index contributed by atoms with van der Waals surface area (Å²) in [5, 5.41) is 10.8. The summed E-state index contributed by atoms with van der Waals surface area (Å²) in [6.07, 6.45) is 2.98. The third kappa shape index (κ3) is 2.70. The number of imidazole rings is 1. The van der Waals surface area contributed by atoms with Crippen LogP contribution in [0.1, 0.15) is 18.9 Å². The number of nitrogens with zero attached hydrogens (tertiary/aromatic N) is 5. The molecule has 1 fully saturated rings. The zero-order valence-electron chi connectivity index (χ0n) is 14.5. The van der Waals surface area contributed by atoms with Crippen LogP contribution < -0.4 is 4.90 Å². The molecule has 130 valence electrons. The largest absolute Gasteiger partial charge is 0.507 e. The third-order valence-electron chi connectivity index (χ3n) is 4.82. The summed E-state index contributed by atoms with van der Waals surface area (Å²) in [6, 6.07) is 3.34. The van der Waals surface area contributed by atoms with Gasteiger partial charge < -0.3 is 14.6 Å². The highest BCUT2D eigenvalue weighted by molar-refractivity contribution is 6.31. The minimum absolute atomic E-state index is 0.108. The first-order valence-corrected chi connectivity index (χ1v) is 8.75. The summed E-state index contributed by atoms with van der Waals surface area (Å²) in [7, 11) is 1.88. The highest BCUT2D eigenvalue weighted by Gasteiger charge is 2.22. The Morgan fingerprint density at radius 2 is 2.08 bits per heavy atom. The van der Waals surface area contributed by atoms with Gasteiger partial charge >= 0.3 is 0 Å². The lowest BCUT2D eigenvalue weighted by molar-refractivity contribution is 0.476. The second kappa shape index (κ2) is 5.88. The van der Waals surface area contributed by atoms with E-state index in [1.807, 2.05) is 24.6 Å². The van der Waals surface area contributed by atoms with Crippen LogP contribution in [0.3, 0.4) is 0 Å². The predicted octanol–water partition coefficient (Wildman–Crippen LogP) is 3.54. The molecule has 25 heavy (non-hydrogen) atoms. The number of aromatic nitrogens is 4. The Hall–Kier alpha value is -2.34. The minimum atomic E-state index is 0.108. The number of phenols is 1. The third-order valence-corrected chi connectivity index (χ3v) is 5.04. The molecule has 7 heteroatoms. The Labute approximate surface area is 151 Å². The van der Waals surface area contributed by atoms with E-state index in [0.717, 1.165) is 24.5 Å². The first-order valence-electron chi connectivity index (χ1n) is 8.38. The second-order valence-electron chi connectivity index (χ2n) is 6.83. The number of hydrogen-bond acceptors (Lipinski definition) is 5. The monoisotopic (exact) mass is 357 g/mol. The molecule has 6 nitrogen and oxygen atoms in total. The van der Waals surface area contributed by atoms with Crippen molar-refractivity contribution in [2.24, 2.45) is 13.0 Å². The molecular weight excluding hydrogens is 338 g/mol. The molecule has 1 aromatic carbocycles. The van der Waals surface area contributed by atoms with Gasteiger partial charge in [0.15, 0.2) is 11.3 Å². The molecule has 2 aromatic heterocycles. The van der Waals surface area contributed by atoms with Gasteiger partial charge in [-0.05, 0) is 37.0 Å². The summed E-state index contributed by atoms with van der Waals surface area (Å²) in [6.45, 7) is 6.14. The predicted molar refractivity (Wildman–Crippen MR) is 99.1 cm³/mol. The van der Waals surface area contributed by atoms with E-state index in [1.54, 1.807) is 6.20 Å². The molecular formula is C18H20ClN5O. The fourth-order valence-corrected chi connectivity index (χ4v) is 3.75. The molecule has 0 spiro atoms. The van der Waals surface area contributed by atoms with Gasteiger partial charge in [0, 0.05) is 25.2 Å². The number of aromatic hydroxyl groups is 1. The van der Waals surface area contributed by atoms with Crippen LogP contribution >= 0.6 is 11.6 Å². The van der Waals surface area contributed by atoms with E-state index < -0.39 is 0 Å². The fraction of sp³-hybridized carbons (Fsp3) is 0.389. The smallest absolute Gasteiger partial charge is 0.200 e. The number of hydrogen-bond donors (Lipinski definition) is 1. The van der Waals surface area contributed by atoms with Crippen molar-refractivity contribution in [3.05, 3.63) is 28.9 Å². The Bertz CT molecular complexity index is 944.